The average molecular weight is 342 g/mol. The summed E-state index contributed by atoms with van der Waals surface area (Å²) in [4.78, 5) is 0. The maximum atomic E-state index is 9.81. The van der Waals surface area contributed by atoms with E-state index in [1.165, 1.54) is 0 Å². The molecule has 0 saturated carbocycles. The van der Waals surface area contributed by atoms with Crippen LogP contribution < -0.4 is 0 Å². The molecule has 1 heterocycles. The van der Waals surface area contributed by atoms with Gasteiger partial charge in [-0.15, -0.1) is 0 Å². The third kappa shape index (κ3) is 3.93. The highest BCUT2D eigenvalue weighted by molar-refractivity contribution is 5.39. The Balaban J connectivity index is 1.98. The first-order valence-electron chi connectivity index (χ1n) is 8.97. The second kappa shape index (κ2) is 8.59. The van der Waals surface area contributed by atoms with E-state index >= 15 is 0 Å². The quantitative estimate of drug-likeness (QED) is 0.758. The van der Waals surface area contributed by atoms with Crippen molar-refractivity contribution in [1.82, 2.24) is 0 Å². The van der Waals surface area contributed by atoms with Crippen LogP contribution in [0, 0.1) is 0 Å². The van der Waals surface area contributed by atoms with Crippen molar-refractivity contribution in [2.24, 2.45) is 0 Å². The van der Waals surface area contributed by atoms with Crippen LogP contribution in [0.3, 0.4) is 0 Å². The minimum absolute atomic E-state index is 0.0623. The summed E-state index contributed by atoms with van der Waals surface area (Å²) in [6.07, 6.45) is 3.49. The van der Waals surface area contributed by atoms with Crippen LogP contribution in [0.15, 0.2) is 54.6 Å². The maximum Gasteiger partial charge on any atom is 0.222 e. The summed E-state index contributed by atoms with van der Waals surface area (Å²) in [5.41, 5.74) is 2.60. The molecule has 134 valence electrons. The van der Waals surface area contributed by atoms with Gasteiger partial charge in [0.15, 0.2) is 0 Å². The molecule has 25 heavy (non-hydrogen) atoms. The fourth-order valence-corrected chi connectivity index (χ4v) is 3.43. The van der Waals surface area contributed by atoms with Crippen molar-refractivity contribution in [1.29, 1.82) is 0 Å². The molecule has 2 N–H and O–H groups in total. The van der Waals surface area contributed by atoms with Gasteiger partial charge in [0.1, 0.15) is 0 Å². The average Bonchev–Trinajstić information content (AvgIpc) is 2.69. The van der Waals surface area contributed by atoms with E-state index < -0.39 is 5.79 Å². The third-order valence-corrected chi connectivity index (χ3v) is 4.71. The highest BCUT2D eigenvalue weighted by atomic mass is 16.7. The fourth-order valence-electron chi connectivity index (χ4n) is 3.43. The number of ether oxygens (including phenoxy) is 2. The molecule has 0 aliphatic carbocycles. The molecule has 4 heteroatoms. The van der Waals surface area contributed by atoms with Gasteiger partial charge >= 0.3 is 0 Å². The van der Waals surface area contributed by atoms with Gasteiger partial charge in [-0.05, 0) is 31.2 Å². The Morgan fingerprint density at radius 2 is 1.72 bits per heavy atom. The lowest BCUT2D eigenvalue weighted by Crippen LogP contribution is -2.44. The van der Waals surface area contributed by atoms with Crippen LogP contribution in [-0.4, -0.2) is 29.5 Å². The van der Waals surface area contributed by atoms with Gasteiger partial charge in [-0.25, -0.2) is 0 Å². The normalized spacial score (nSPS) is 23.5. The number of aliphatic hydroxyl groups is 2. The highest BCUT2D eigenvalue weighted by Crippen LogP contribution is 2.41. The van der Waals surface area contributed by atoms with Crippen molar-refractivity contribution in [3.8, 4) is 0 Å². The molecule has 0 radical (unpaired) electrons. The van der Waals surface area contributed by atoms with Crippen molar-refractivity contribution in [3.05, 3.63) is 71.3 Å². The number of benzene rings is 2. The van der Waals surface area contributed by atoms with Gasteiger partial charge in [0.05, 0.1) is 19.3 Å². The minimum atomic E-state index is -0.997. The molecule has 2 atom stereocenters. The molecule has 1 saturated heterocycles. The van der Waals surface area contributed by atoms with E-state index in [0.29, 0.717) is 6.61 Å². The van der Waals surface area contributed by atoms with E-state index in [1.807, 2.05) is 54.6 Å². The Bertz CT molecular complexity index is 658. The number of hydrogen-bond acceptors (Lipinski definition) is 4. The monoisotopic (exact) mass is 342 g/mol. The molecule has 0 spiro atoms. The Morgan fingerprint density at radius 3 is 2.48 bits per heavy atom. The molecule has 0 bridgehead atoms. The molecule has 2 aromatic carbocycles. The van der Waals surface area contributed by atoms with E-state index in [2.05, 4.69) is 0 Å². The lowest BCUT2D eigenvalue weighted by atomic mass is 9.91. The van der Waals surface area contributed by atoms with Gasteiger partial charge in [0.2, 0.25) is 5.79 Å². The molecule has 2 aromatic rings. The van der Waals surface area contributed by atoms with E-state index in [9.17, 15) is 5.11 Å². The minimum Gasteiger partial charge on any atom is -0.396 e. The van der Waals surface area contributed by atoms with Crippen LogP contribution in [0.4, 0.5) is 0 Å². The number of unbranched alkanes of at least 4 members (excludes halogenated alkanes) is 1. The second-order valence-electron chi connectivity index (χ2n) is 6.39. The van der Waals surface area contributed by atoms with Crippen LogP contribution >= 0.6 is 0 Å². The Hall–Kier alpha value is -1.72. The standard InChI is InChI=1S/C21H26O4/c22-14-7-6-11-19-13-15-24-21(25-19,18-9-2-1-3-10-18)20-12-5-4-8-17(20)16-23/h1-5,8-10,12,19,22-23H,6-7,11,13-16H2. The summed E-state index contributed by atoms with van der Waals surface area (Å²) in [6.45, 7) is 0.742. The van der Waals surface area contributed by atoms with Gasteiger partial charge in [-0.2, -0.15) is 0 Å². The maximum absolute atomic E-state index is 9.81. The van der Waals surface area contributed by atoms with Crippen LogP contribution in [-0.2, 0) is 21.9 Å². The van der Waals surface area contributed by atoms with Crippen LogP contribution in [0.2, 0.25) is 0 Å². The molecule has 1 aliphatic heterocycles. The van der Waals surface area contributed by atoms with E-state index in [0.717, 1.165) is 42.4 Å². The number of aliphatic hydroxyl groups excluding tert-OH is 2. The van der Waals surface area contributed by atoms with Crippen molar-refractivity contribution in [2.75, 3.05) is 13.2 Å². The predicted octanol–water partition coefficient (Wildman–Crippen LogP) is 3.35. The first-order chi connectivity index (χ1) is 12.3. The molecule has 2 unspecified atom stereocenters. The second-order valence-corrected chi connectivity index (χ2v) is 6.39. The summed E-state index contributed by atoms with van der Waals surface area (Å²) >= 11 is 0. The smallest absolute Gasteiger partial charge is 0.222 e. The summed E-state index contributed by atoms with van der Waals surface area (Å²) < 4.78 is 12.8. The topological polar surface area (TPSA) is 58.9 Å². The molecule has 1 fully saturated rings. The van der Waals surface area contributed by atoms with Crippen LogP contribution in [0.1, 0.15) is 42.4 Å². The molecule has 1 aliphatic rings. The summed E-state index contributed by atoms with van der Waals surface area (Å²) in [5, 5.41) is 18.8. The zero-order chi connectivity index (χ0) is 17.5. The van der Waals surface area contributed by atoms with Gasteiger partial charge in [0, 0.05) is 17.7 Å². The Labute approximate surface area is 149 Å². The lowest BCUT2D eigenvalue weighted by Gasteiger charge is -2.42. The fraction of sp³-hybridized carbons (Fsp3) is 0.429. The third-order valence-electron chi connectivity index (χ3n) is 4.71. The molecule has 0 amide bonds. The number of rotatable bonds is 7. The molecular formula is C21H26O4. The van der Waals surface area contributed by atoms with Gasteiger partial charge in [0.25, 0.3) is 0 Å². The largest absolute Gasteiger partial charge is 0.396 e. The molecule has 3 rings (SSSR count). The first-order valence-corrected chi connectivity index (χ1v) is 8.97. The zero-order valence-electron chi connectivity index (χ0n) is 14.4. The van der Waals surface area contributed by atoms with Gasteiger partial charge in [-0.3, -0.25) is 0 Å². The SMILES string of the molecule is OCCCCC1CCOC(c2ccccc2)(c2ccccc2CO)O1. The molecule has 4 nitrogen and oxygen atoms in total. The van der Waals surface area contributed by atoms with Crippen LogP contribution in [0.5, 0.6) is 0 Å². The van der Waals surface area contributed by atoms with Crippen molar-refractivity contribution < 1.29 is 19.7 Å². The van der Waals surface area contributed by atoms with E-state index in [-0.39, 0.29) is 19.3 Å². The van der Waals surface area contributed by atoms with Gasteiger partial charge < -0.3 is 19.7 Å². The van der Waals surface area contributed by atoms with Gasteiger partial charge in [-0.1, -0.05) is 54.6 Å². The lowest BCUT2D eigenvalue weighted by molar-refractivity contribution is -0.279. The van der Waals surface area contributed by atoms with E-state index in [1.54, 1.807) is 0 Å². The predicted molar refractivity (Wildman–Crippen MR) is 96.0 cm³/mol. The summed E-state index contributed by atoms with van der Waals surface area (Å²) in [7, 11) is 0. The summed E-state index contributed by atoms with van der Waals surface area (Å²) in [5.74, 6) is -0.997. The summed E-state index contributed by atoms with van der Waals surface area (Å²) in [6, 6.07) is 17.7. The van der Waals surface area contributed by atoms with E-state index in [4.69, 9.17) is 14.6 Å². The van der Waals surface area contributed by atoms with Crippen LogP contribution in [0.25, 0.3) is 0 Å². The first kappa shape index (κ1) is 18.1. The zero-order valence-corrected chi connectivity index (χ0v) is 14.4. The molecular weight excluding hydrogens is 316 g/mol. The Morgan fingerprint density at radius 1 is 0.960 bits per heavy atom. The Kier molecular flexibility index (Phi) is 6.21. The molecule has 0 aromatic heterocycles. The highest BCUT2D eigenvalue weighted by Gasteiger charge is 2.43. The van der Waals surface area contributed by atoms with Crippen molar-refractivity contribution in [3.63, 3.8) is 0 Å². The number of hydrogen-bond donors (Lipinski definition) is 2. The van der Waals surface area contributed by atoms with Crippen molar-refractivity contribution >= 4 is 0 Å². The van der Waals surface area contributed by atoms with Crippen molar-refractivity contribution in [2.45, 2.75) is 44.2 Å².